The number of fused-ring (bicyclic) bond motifs is 1. The summed E-state index contributed by atoms with van der Waals surface area (Å²) < 4.78 is 31.0. The van der Waals surface area contributed by atoms with E-state index in [-0.39, 0.29) is 12.1 Å². The van der Waals surface area contributed by atoms with Crippen LogP contribution in [-0.4, -0.2) is 67.2 Å². The molecule has 2 fully saturated rings. The summed E-state index contributed by atoms with van der Waals surface area (Å²) in [6.07, 6.45) is 5.77. The Balaban J connectivity index is 1.74. The van der Waals surface area contributed by atoms with E-state index in [1.54, 1.807) is 16.7 Å². The van der Waals surface area contributed by atoms with Crippen molar-refractivity contribution in [3.63, 3.8) is 0 Å². The van der Waals surface area contributed by atoms with Crippen LogP contribution in [0.4, 0.5) is 0 Å². The molecule has 3 heterocycles. The number of pyridine rings is 1. The van der Waals surface area contributed by atoms with Crippen LogP contribution in [0.25, 0.3) is 0 Å². The number of rotatable bonds is 3. The highest BCUT2D eigenvalue weighted by Gasteiger charge is 2.39. The van der Waals surface area contributed by atoms with Gasteiger partial charge in [0.15, 0.2) is 0 Å². The van der Waals surface area contributed by atoms with Gasteiger partial charge in [0.25, 0.3) is 0 Å². The molecule has 21 heavy (non-hydrogen) atoms. The fourth-order valence-electron chi connectivity index (χ4n) is 3.13. The number of nitrogens with zero attached hydrogens (tertiary/aromatic N) is 3. The first-order valence-corrected chi connectivity index (χ1v) is 9.08. The Morgan fingerprint density at radius 1 is 1.33 bits per heavy atom. The molecule has 0 bridgehead atoms. The number of aromatic nitrogens is 1. The molecule has 2 aliphatic rings. The van der Waals surface area contributed by atoms with Crippen LogP contribution in [0, 0.1) is 0 Å². The summed E-state index contributed by atoms with van der Waals surface area (Å²) in [7, 11) is -3.13. The lowest BCUT2D eigenvalue weighted by Gasteiger charge is -2.46. The third kappa shape index (κ3) is 3.42. The Bertz CT molecular complexity index is 578. The van der Waals surface area contributed by atoms with E-state index >= 15 is 0 Å². The van der Waals surface area contributed by atoms with Gasteiger partial charge in [-0.3, -0.25) is 9.88 Å². The zero-order valence-electron chi connectivity index (χ0n) is 12.2. The van der Waals surface area contributed by atoms with Gasteiger partial charge in [0, 0.05) is 38.6 Å². The Morgan fingerprint density at radius 2 is 2.10 bits per heavy atom. The van der Waals surface area contributed by atoms with Gasteiger partial charge in [0.2, 0.25) is 10.0 Å². The normalized spacial score (nSPS) is 28.2. The van der Waals surface area contributed by atoms with E-state index in [2.05, 4.69) is 9.88 Å². The van der Waals surface area contributed by atoms with E-state index in [1.807, 2.05) is 12.1 Å². The van der Waals surface area contributed by atoms with Crippen LogP contribution < -0.4 is 0 Å². The summed E-state index contributed by atoms with van der Waals surface area (Å²) in [5.74, 6) is 0. The number of piperidine rings is 1. The molecule has 0 aliphatic carbocycles. The molecule has 3 rings (SSSR count). The van der Waals surface area contributed by atoms with Crippen molar-refractivity contribution >= 4 is 10.0 Å². The second-order valence-electron chi connectivity index (χ2n) is 5.71. The second-order valence-corrected chi connectivity index (χ2v) is 7.69. The summed E-state index contributed by atoms with van der Waals surface area (Å²) in [5.41, 5.74) is 1.20. The molecule has 0 saturated carbocycles. The number of morpholine rings is 1. The monoisotopic (exact) mass is 311 g/mol. The maximum absolute atomic E-state index is 11.8. The standard InChI is InChI=1S/C14H21N3O3S/c1-21(18,19)17-7-4-14-13(11-17)16(8-9-20-14)10-12-2-5-15-6-3-12/h2-3,5-6,13-14H,4,7-11H2,1H3/t13-,14-/m1/s1. The first-order valence-electron chi connectivity index (χ1n) is 7.24. The molecule has 0 amide bonds. The molecular formula is C14H21N3O3S. The molecule has 2 atom stereocenters. The van der Waals surface area contributed by atoms with Crippen molar-refractivity contribution in [3.05, 3.63) is 30.1 Å². The average Bonchev–Trinajstić information content (AvgIpc) is 2.47. The first-order chi connectivity index (χ1) is 10.0. The van der Waals surface area contributed by atoms with Crippen LogP contribution in [0.1, 0.15) is 12.0 Å². The smallest absolute Gasteiger partial charge is 0.211 e. The van der Waals surface area contributed by atoms with Gasteiger partial charge in [-0.05, 0) is 24.1 Å². The Kier molecular flexibility index (Phi) is 4.26. The fraction of sp³-hybridized carbons (Fsp3) is 0.643. The van der Waals surface area contributed by atoms with Gasteiger partial charge in [-0.25, -0.2) is 12.7 Å². The minimum absolute atomic E-state index is 0.135. The number of ether oxygens (including phenoxy) is 1. The van der Waals surface area contributed by atoms with Gasteiger partial charge in [-0.2, -0.15) is 0 Å². The average molecular weight is 311 g/mol. The molecular weight excluding hydrogens is 290 g/mol. The highest BCUT2D eigenvalue weighted by Crippen LogP contribution is 2.25. The van der Waals surface area contributed by atoms with Crippen LogP contribution in [0.15, 0.2) is 24.5 Å². The molecule has 0 spiro atoms. The number of sulfonamides is 1. The van der Waals surface area contributed by atoms with E-state index in [0.29, 0.717) is 19.7 Å². The third-order valence-electron chi connectivity index (χ3n) is 4.27. The number of hydrogen-bond acceptors (Lipinski definition) is 5. The summed E-state index contributed by atoms with van der Waals surface area (Å²) >= 11 is 0. The third-order valence-corrected chi connectivity index (χ3v) is 5.54. The highest BCUT2D eigenvalue weighted by atomic mass is 32.2. The molecule has 116 valence electrons. The van der Waals surface area contributed by atoms with Crippen LogP contribution in [0.5, 0.6) is 0 Å². The van der Waals surface area contributed by atoms with E-state index in [9.17, 15) is 8.42 Å². The van der Waals surface area contributed by atoms with Crippen molar-refractivity contribution in [2.75, 3.05) is 32.5 Å². The van der Waals surface area contributed by atoms with Crippen LogP contribution in [0.3, 0.4) is 0 Å². The fourth-order valence-corrected chi connectivity index (χ4v) is 3.99. The summed E-state index contributed by atoms with van der Waals surface area (Å²) in [6, 6.07) is 4.14. The van der Waals surface area contributed by atoms with E-state index in [0.717, 1.165) is 19.5 Å². The van der Waals surface area contributed by atoms with E-state index < -0.39 is 10.0 Å². The lowest BCUT2D eigenvalue weighted by molar-refractivity contribution is -0.0958. The van der Waals surface area contributed by atoms with Gasteiger partial charge in [-0.15, -0.1) is 0 Å². The van der Waals surface area contributed by atoms with Gasteiger partial charge in [-0.1, -0.05) is 0 Å². The van der Waals surface area contributed by atoms with Crippen LogP contribution >= 0.6 is 0 Å². The van der Waals surface area contributed by atoms with Crippen molar-refractivity contribution in [3.8, 4) is 0 Å². The minimum atomic E-state index is -3.13. The molecule has 2 saturated heterocycles. The summed E-state index contributed by atoms with van der Waals surface area (Å²) in [4.78, 5) is 6.37. The second kappa shape index (κ2) is 6.00. The lowest BCUT2D eigenvalue weighted by atomic mass is 9.99. The molecule has 0 radical (unpaired) electrons. The zero-order chi connectivity index (χ0) is 14.9. The van der Waals surface area contributed by atoms with E-state index in [4.69, 9.17) is 4.74 Å². The van der Waals surface area contributed by atoms with Crippen molar-refractivity contribution in [2.24, 2.45) is 0 Å². The topological polar surface area (TPSA) is 62.7 Å². The Labute approximate surface area is 125 Å². The molecule has 0 unspecified atom stereocenters. The SMILES string of the molecule is CS(=O)(=O)N1CC[C@H]2OCCN(Cc3ccncc3)[C@@H]2C1. The largest absolute Gasteiger partial charge is 0.375 e. The van der Waals surface area contributed by atoms with Crippen molar-refractivity contribution in [2.45, 2.75) is 25.1 Å². The maximum atomic E-state index is 11.8. The summed E-state index contributed by atoms with van der Waals surface area (Å²) in [6.45, 7) is 3.44. The molecule has 0 N–H and O–H groups in total. The predicted octanol–water partition coefficient (Wildman–Crippen LogP) is 0.316. The highest BCUT2D eigenvalue weighted by molar-refractivity contribution is 7.88. The zero-order valence-corrected chi connectivity index (χ0v) is 13.0. The van der Waals surface area contributed by atoms with Crippen LogP contribution in [0.2, 0.25) is 0 Å². The Morgan fingerprint density at radius 3 is 2.81 bits per heavy atom. The van der Waals surface area contributed by atoms with Crippen molar-refractivity contribution in [1.82, 2.24) is 14.2 Å². The summed E-state index contributed by atoms with van der Waals surface area (Å²) in [5, 5.41) is 0. The van der Waals surface area contributed by atoms with E-state index in [1.165, 1.54) is 11.8 Å². The Hall–Kier alpha value is -1.02. The van der Waals surface area contributed by atoms with Gasteiger partial charge < -0.3 is 4.74 Å². The molecule has 0 aromatic carbocycles. The molecule has 1 aromatic heterocycles. The number of hydrogen-bond donors (Lipinski definition) is 0. The maximum Gasteiger partial charge on any atom is 0.211 e. The minimum Gasteiger partial charge on any atom is -0.375 e. The van der Waals surface area contributed by atoms with Crippen molar-refractivity contribution in [1.29, 1.82) is 0 Å². The van der Waals surface area contributed by atoms with Gasteiger partial charge >= 0.3 is 0 Å². The molecule has 7 heteroatoms. The molecule has 2 aliphatic heterocycles. The van der Waals surface area contributed by atoms with Gasteiger partial charge in [0.05, 0.1) is 25.0 Å². The first kappa shape index (κ1) is 14.9. The molecule has 1 aromatic rings. The van der Waals surface area contributed by atoms with Crippen molar-refractivity contribution < 1.29 is 13.2 Å². The molecule has 6 nitrogen and oxygen atoms in total. The van der Waals surface area contributed by atoms with Gasteiger partial charge in [0.1, 0.15) is 0 Å². The van der Waals surface area contributed by atoms with Crippen LogP contribution in [-0.2, 0) is 21.3 Å². The predicted molar refractivity (Wildman–Crippen MR) is 79.2 cm³/mol. The quantitative estimate of drug-likeness (QED) is 0.804. The lowest BCUT2D eigenvalue weighted by Crippen LogP contribution is -2.60.